The average Bonchev–Trinajstić information content (AvgIpc) is 2.64. The van der Waals surface area contributed by atoms with Gasteiger partial charge in [-0.25, -0.2) is 4.57 Å². The maximum absolute atomic E-state index is 12.7. The Morgan fingerprint density at radius 2 is 1.70 bits per heavy atom. The van der Waals surface area contributed by atoms with Crippen LogP contribution in [0, 0.1) is 0 Å². The largest absolute Gasteiger partial charge is 0.524 e. The van der Waals surface area contributed by atoms with Gasteiger partial charge in [0.05, 0.1) is 14.2 Å². The van der Waals surface area contributed by atoms with Gasteiger partial charge >= 0.3 is 7.82 Å². The second kappa shape index (κ2) is 9.10. The van der Waals surface area contributed by atoms with Gasteiger partial charge in [0, 0.05) is 17.0 Å². The molecule has 0 unspecified atom stereocenters. The van der Waals surface area contributed by atoms with Crippen LogP contribution in [0.3, 0.4) is 0 Å². The zero-order chi connectivity index (χ0) is 20.0. The molecule has 0 bridgehead atoms. The quantitative estimate of drug-likeness (QED) is 0.293. The first-order valence-corrected chi connectivity index (χ1v) is 10.4. The SMILES string of the molecule is COc1cc(OC)c(C(=O)/C=C/c2ccc(SC)cc2)c(OP(=O)(O)O)c1. The molecule has 144 valence electrons. The van der Waals surface area contributed by atoms with E-state index in [2.05, 4.69) is 4.52 Å². The number of benzene rings is 2. The van der Waals surface area contributed by atoms with Gasteiger partial charge in [0.25, 0.3) is 0 Å². The highest BCUT2D eigenvalue weighted by molar-refractivity contribution is 7.98. The fourth-order valence-corrected chi connectivity index (χ4v) is 3.07. The maximum Gasteiger partial charge on any atom is 0.524 e. The number of phosphoric acid groups is 1. The Balaban J connectivity index is 2.42. The molecule has 0 aliphatic heterocycles. The molecule has 9 heteroatoms. The topological polar surface area (TPSA) is 102 Å². The van der Waals surface area contributed by atoms with Crippen LogP contribution in [-0.2, 0) is 4.57 Å². The normalized spacial score (nSPS) is 11.4. The van der Waals surface area contributed by atoms with Gasteiger partial charge in [0.15, 0.2) is 5.78 Å². The monoisotopic (exact) mass is 410 g/mol. The van der Waals surface area contributed by atoms with E-state index in [9.17, 15) is 9.36 Å². The minimum atomic E-state index is -4.89. The summed E-state index contributed by atoms with van der Waals surface area (Å²) < 4.78 is 26.2. The van der Waals surface area contributed by atoms with Crippen LogP contribution in [0.1, 0.15) is 15.9 Å². The van der Waals surface area contributed by atoms with Crippen molar-refractivity contribution in [2.45, 2.75) is 4.90 Å². The van der Waals surface area contributed by atoms with Crippen molar-refractivity contribution in [3.63, 3.8) is 0 Å². The van der Waals surface area contributed by atoms with Crippen molar-refractivity contribution >= 4 is 31.4 Å². The van der Waals surface area contributed by atoms with Gasteiger partial charge in [0.1, 0.15) is 22.8 Å². The molecular formula is C18H19O7PS. The van der Waals surface area contributed by atoms with Gasteiger partial charge < -0.3 is 14.0 Å². The van der Waals surface area contributed by atoms with Gasteiger partial charge in [-0.1, -0.05) is 18.2 Å². The lowest BCUT2D eigenvalue weighted by atomic mass is 10.1. The minimum Gasteiger partial charge on any atom is -0.496 e. The summed E-state index contributed by atoms with van der Waals surface area (Å²) in [5, 5.41) is 0. The smallest absolute Gasteiger partial charge is 0.496 e. The highest BCUT2D eigenvalue weighted by Gasteiger charge is 2.25. The molecule has 0 atom stereocenters. The lowest BCUT2D eigenvalue weighted by Crippen LogP contribution is -2.04. The summed E-state index contributed by atoms with van der Waals surface area (Å²) in [6.07, 6.45) is 4.84. The predicted molar refractivity (Wildman–Crippen MR) is 104 cm³/mol. The molecule has 2 N–H and O–H groups in total. The van der Waals surface area contributed by atoms with E-state index in [1.54, 1.807) is 17.8 Å². The lowest BCUT2D eigenvalue weighted by Gasteiger charge is -2.15. The van der Waals surface area contributed by atoms with Crippen LogP contribution in [0.4, 0.5) is 0 Å². The van der Waals surface area contributed by atoms with Crippen molar-refractivity contribution < 1.29 is 33.1 Å². The predicted octanol–water partition coefficient (Wildman–Crippen LogP) is 3.79. The molecule has 27 heavy (non-hydrogen) atoms. The minimum absolute atomic E-state index is 0.0742. The van der Waals surface area contributed by atoms with E-state index in [1.807, 2.05) is 30.5 Å². The van der Waals surface area contributed by atoms with E-state index in [1.165, 1.54) is 32.4 Å². The van der Waals surface area contributed by atoms with Gasteiger partial charge in [-0.2, -0.15) is 0 Å². The molecule has 0 spiro atoms. The number of methoxy groups -OCH3 is 2. The Labute approximate surface area is 161 Å². The van der Waals surface area contributed by atoms with Crippen molar-refractivity contribution in [3.05, 3.63) is 53.6 Å². The standard InChI is InChI=1S/C18H19O7PS/c1-23-13-10-16(24-2)18(17(11-13)25-26(20,21)22)15(19)9-6-12-4-7-14(27-3)8-5-12/h4-11H,1-3H3,(H2,20,21,22)/b9-6+. The van der Waals surface area contributed by atoms with E-state index < -0.39 is 13.6 Å². The van der Waals surface area contributed by atoms with Gasteiger partial charge in [-0.3, -0.25) is 14.6 Å². The van der Waals surface area contributed by atoms with Crippen molar-refractivity contribution in [1.29, 1.82) is 0 Å². The molecule has 0 fully saturated rings. The number of hydrogen-bond donors (Lipinski definition) is 2. The molecule has 0 amide bonds. The fourth-order valence-electron chi connectivity index (χ4n) is 2.26. The van der Waals surface area contributed by atoms with E-state index in [0.717, 1.165) is 10.5 Å². The Morgan fingerprint density at radius 1 is 1.07 bits per heavy atom. The van der Waals surface area contributed by atoms with Crippen LogP contribution in [0.2, 0.25) is 0 Å². The average molecular weight is 410 g/mol. The molecule has 2 aromatic carbocycles. The summed E-state index contributed by atoms with van der Waals surface area (Å²) in [7, 11) is -2.19. The number of carbonyl (C=O) groups excluding carboxylic acids is 1. The first kappa shape index (κ1) is 21.1. The van der Waals surface area contributed by atoms with Crippen LogP contribution in [0.15, 0.2) is 47.4 Å². The number of phosphoric ester groups is 1. The third-order valence-electron chi connectivity index (χ3n) is 3.50. The fraction of sp³-hybridized carbons (Fsp3) is 0.167. The van der Waals surface area contributed by atoms with Gasteiger partial charge in [0.2, 0.25) is 0 Å². The second-order valence-corrected chi connectivity index (χ2v) is 7.30. The van der Waals surface area contributed by atoms with Gasteiger partial charge in [-0.15, -0.1) is 11.8 Å². The number of thioether (sulfide) groups is 1. The van der Waals surface area contributed by atoms with Crippen LogP contribution in [0.5, 0.6) is 17.2 Å². The Hall–Kier alpha value is -2.25. The third-order valence-corrected chi connectivity index (χ3v) is 4.68. The Kier molecular flexibility index (Phi) is 7.10. The van der Waals surface area contributed by atoms with Gasteiger partial charge in [-0.05, 0) is 30.0 Å². The summed E-state index contributed by atoms with van der Waals surface area (Å²) in [5.41, 5.74) is 0.685. The zero-order valence-electron chi connectivity index (χ0n) is 14.9. The maximum atomic E-state index is 12.7. The summed E-state index contributed by atoms with van der Waals surface area (Å²) in [4.78, 5) is 32.0. The third kappa shape index (κ3) is 5.87. The molecule has 0 heterocycles. The number of ketones is 1. The van der Waals surface area contributed by atoms with Crippen LogP contribution in [-0.4, -0.2) is 36.0 Å². The number of allylic oxidation sites excluding steroid dienone is 1. The summed E-state index contributed by atoms with van der Waals surface area (Å²) in [5.74, 6) is -0.563. The van der Waals surface area contributed by atoms with Crippen molar-refractivity contribution in [1.82, 2.24) is 0 Å². The molecule has 0 saturated carbocycles. The molecule has 0 aliphatic rings. The second-order valence-electron chi connectivity index (χ2n) is 5.26. The molecular weight excluding hydrogens is 391 g/mol. The van der Waals surface area contributed by atoms with E-state index >= 15 is 0 Å². The Morgan fingerprint density at radius 3 is 2.22 bits per heavy atom. The molecule has 0 saturated heterocycles. The molecule has 0 aromatic heterocycles. The van der Waals surface area contributed by atoms with Crippen LogP contribution < -0.4 is 14.0 Å². The van der Waals surface area contributed by atoms with E-state index in [4.69, 9.17) is 19.3 Å². The highest BCUT2D eigenvalue weighted by Crippen LogP contribution is 2.43. The number of rotatable bonds is 8. The number of hydrogen-bond acceptors (Lipinski definition) is 6. The van der Waals surface area contributed by atoms with E-state index in [-0.39, 0.29) is 22.8 Å². The zero-order valence-corrected chi connectivity index (χ0v) is 16.6. The van der Waals surface area contributed by atoms with Crippen molar-refractivity contribution in [2.24, 2.45) is 0 Å². The van der Waals surface area contributed by atoms with Crippen molar-refractivity contribution in [3.8, 4) is 17.2 Å². The molecule has 0 aliphatic carbocycles. The van der Waals surface area contributed by atoms with Crippen molar-refractivity contribution in [2.75, 3.05) is 20.5 Å². The first-order chi connectivity index (χ1) is 12.8. The lowest BCUT2D eigenvalue weighted by molar-refractivity contribution is 0.104. The first-order valence-electron chi connectivity index (χ1n) is 7.65. The molecule has 2 rings (SSSR count). The summed E-state index contributed by atoms with van der Waals surface area (Å²) in [6, 6.07) is 10.2. The number of carbonyl (C=O) groups is 1. The highest BCUT2D eigenvalue weighted by atomic mass is 32.2. The molecule has 2 aromatic rings. The van der Waals surface area contributed by atoms with Crippen LogP contribution in [0.25, 0.3) is 6.08 Å². The van der Waals surface area contributed by atoms with Crippen LogP contribution >= 0.6 is 19.6 Å². The molecule has 7 nitrogen and oxygen atoms in total. The molecule has 0 radical (unpaired) electrons. The van der Waals surface area contributed by atoms with E-state index in [0.29, 0.717) is 0 Å². The summed E-state index contributed by atoms with van der Waals surface area (Å²) in [6.45, 7) is 0. The number of ether oxygens (including phenoxy) is 2. The summed E-state index contributed by atoms with van der Waals surface area (Å²) >= 11 is 1.60. The Bertz CT molecular complexity index is 887.